The number of hydrogen-bond acceptors (Lipinski definition) is 4. The molecule has 3 rings (SSSR count). The Kier molecular flexibility index (Phi) is 5.99. The van der Waals surface area contributed by atoms with Crippen molar-refractivity contribution >= 4 is 17.3 Å². The van der Waals surface area contributed by atoms with Crippen molar-refractivity contribution in [3.63, 3.8) is 0 Å². The number of amides is 1. The summed E-state index contributed by atoms with van der Waals surface area (Å²) in [5.41, 5.74) is 11.6. The number of nitrogen functional groups attached to an aromatic ring is 1. The minimum Gasteiger partial charge on any atom is -0.399 e. The monoisotopic (exact) mass is 353 g/mol. The van der Waals surface area contributed by atoms with E-state index in [1.54, 1.807) is 24.3 Å². The largest absolute Gasteiger partial charge is 0.399 e. The fraction of sp³-hybridized carbons (Fsp3) is 0.300. The lowest BCUT2D eigenvalue weighted by molar-refractivity contribution is -0.928. The first kappa shape index (κ1) is 18.1. The van der Waals surface area contributed by atoms with Gasteiger partial charge >= 0.3 is 0 Å². The Hall–Kier alpha value is -2.70. The van der Waals surface area contributed by atoms with Crippen molar-refractivity contribution in [1.82, 2.24) is 5.43 Å². The van der Waals surface area contributed by atoms with E-state index in [2.05, 4.69) is 22.7 Å². The molecular formula is C20H25N4O2+. The number of benzene rings is 2. The molecule has 1 heterocycles. The van der Waals surface area contributed by atoms with Crippen molar-refractivity contribution in [2.75, 3.05) is 32.0 Å². The van der Waals surface area contributed by atoms with Crippen LogP contribution < -0.4 is 16.1 Å². The fourth-order valence-corrected chi connectivity index (χ4v) is 3.24. The van der Waals surface area contributed by atoms with Crippen LogP contribution >= 0.6 is 0 Å². The van der Waals surface area contributed by atoms with E-state index in [0.717, 1.165) is 32.0 Å². The van der Waals surface area contributed by atoms with Crippen molar-refractivity contribution < 1.29 is 14.4 Å². The number of carbonyl (C=O) groups is 1. The van der Waals surface area contributed by atoms with Gasteiger partial charge in [0.1, 0.15) is 13.1 Å². The fourth-order valence-electron chi connectivity index (χ4n) is 3.24. The molecule has 4 N–H and O–H groups in total. The normalized spacial score (nSPS) is 16.9. The zero-order chi connectivity index (χ0) is 18.4. The van der Waals surface area contributed by atoms with Gasteiger partial charge in [-0.2, -0.15) is 5.10 Å². The molecule has 2 aromatic carbocycles. The summed E-state index contributed by atoms with van der Waals surface area (Å²) in [7, 11) is 0. The van der Waals surface area contributed by atoms with E-state index >= 15 is 0 Å². The van der Waals surface area contributed by atoms with Gasteiger partial charge in [-0.1, -0.05) is 30.3 Å². The summed E-state index contributed by atoms with van der Waals surface area (Å²) in [4.78, 5) is 13.7. The number of hydrazone groups is 1. The van der Waals surface area contributed by atoms with Crippen molar-refractivity contribution in [2.45, 2.75) is 13.0 Å². The van der Waals surface area contributed by atoms with E-state index in [-0.39, 0.29) is 11.9 Å². The first-order valence-corrected chi connectivity index (χ1v) is 8.82. The first-order valence-electron chi connectivity index (χ1n) is 8.82. The third kappa shape index (κ3) is 4.47. The van der Waals surface area contributed by atoms with Crippen LogP contribution in [0.25, 0.3) is 0 Å². The molecule has 0 spiro atoms. The maximum atomic E-state index is 12.3. The van der Waals surface area contributed by atoms with Gasteiger partial charge in [-0.25, -0.2) is 5.43 Å². The van der Waals surface area contributed by atoms with E-state index < -0.39 is 0 Å². The minimum atomic E-state index is -0.242. The molecule has 26 heavy (non-hydrogen) atoms. The second-order valence-electron chi connectivity index (χ2n) is 6.43. The van der Waals surface area contributed by atoms with E-state index in [0.29, 0.717) is 11.3 Å². The molecule has 6 heteroatoms. The lowest BCUT2D eigenvalue weighted by Crippen LogP contribution is -3.15. The highest BCUT2D eigenvalue weighted by molar-refractivity contribution is 5.96. The molecular weight excluding hydrogens is 328 g/mol. The maximum Gasteiger partial charge on any atom is 0.271 e. The summed E-state index contributed by atoms with van der Waals surface area (Å²) < 4.78 is 5.49. The maximum absolute atomic E-state index is 12.3. The molecule has 1 aliphatic rings. The van der Waals surface area contributed by atoms with Gasteiger partial charge in [-0.05, 0) is 31.2 Å². The van der Waals surface area contributed by atoms with Crippen LogP contribution in [0.2, 0.25) is 0 Å². The molecule has 0 bridgehead atoms. The van der Waals surface area contributed by atoms with E-state index in [1.807, 2.05) is 25.1 Å². The van der Waals surface area contributed by atoms with Crippen LogP contribution in [0, 0.1) is 0 Å². The molecule has 0 aliphatic carbocycles. The predicted molar refractivity (Wildman–Crippen MR) is 102 cm³/mol. The summed E-state index contributed by atoms with van der Waals surface area (Å²) >= 11 is 0. The first-order chi connectivity index (χ1) is 12.6. The van der Waals surface area contributed by atoms with Gasteiger partial charge in [-0.3, -0.25) is 4.79 Å². The number of nitrogens with one attached hydrogen (secondary N) is 2. The van der Waals surface area contributed by atoms with Crippen LogP contribution in [-0.4, -0.2) is 37.9 Å². The number of morpholine rings is 1. The topological polar surface area (TPSA) is 81.2 Å². The average molecular weight is 353 g/mol. The molecule has 6 nitrogen and oxygen atoms in total. The number of rotatable bonds is 5. The summed E-state index contributed by atoms with van der Waals surface area (Å²) in [6.45, 7) is 5.27. The predicted octanol–water partition coefficient (Wildman–Crippen LogP) is 1.03. The molecule has 0 unspecified atom stereocenters. The average Bonchev–Trinajstić information content (AvgIpc) is 2.68. The molecule has 0 radical (unpaired) electrons. The number of anilines is 1. The van der Waals surface area contributed by atoms with E-state index in [1.165, 1.54) is 10.5 Å². The van der Waals surface area contributed by atoms with Gasteiger partial charge in [0, 0.05) is 16.8 Å². The number of ether oxygens (including phenoxy) is 1. The standard InChI is InChI=1S/C20H24N4O2/c1-15(22-23-20(25)17-7-9-18(21)10-8-17)19(16-5-3-2-4-6-16)24-11-13-26-14-12-24/h2-10,19H,11-14,21H2,1H3,(H,23,25)/p+1/b22-15-/t19-/m0/s1. The number of hydrogen-bond donors (Lipinski definition) is 3. The van der Waals surface area contributed by atoms with Gasteiger partial charge in [0.05, 0.1) is 18.9 Å². The Bertz CT molecular complexity index is 753. The Morgan fingerprint density at radius 1 is 1.12 bits per heavy atom. The molecule has 2 aromatic rings. The molecule has 0 aromatic heterocycles. The molecule has 136 valence electrons. The van der Waals surface area contributed by atoms with Crippen LogP contribution in [0.4, 0.5) is 5.69 Å². The second kappa shape index (κ2) is 8.60. The van der Waals surface area contributed by atoms with Gasteiger partial charge < -0.3 is 15.4 Å². The lowest BCUT2D eigenvalue weighted by Gasteiger charge is -2.31. The van der Waals surface area contributed by atoms with Gasteiger partial charge in [0.2, 0.25) is 0 Å². The van der Waals surface area contributed by atoms with Gasteiger partial charge in [0.15, 0.2) is 6.04 Å². The second-order valence-corrected chi connectivity index (χ2v) is 6.43. The Balaban J connectivity index is 1.77. The van der Waals surface area contributed by atoms with Gasteiger partial charge in [0.25, 0.3) is 5.91 Å². The Morgan fingerprint density at radius 2 is 1.77 bits per heavy atom. The molecule has 1 atom stereocenters. The Labute approximate surface area is 153 Å². The van der Waals surface area contributed by atoms with Crippen LogP contribution in [0.1, 0.15) is 28.9 Å². The highest BCUT2D eigenvalue weighted by Gasteiger charge is 2.29. The molecule has 0 saturated carbocycles. The highest BCUT2D eigenvalue weighted by atomic mass is 16.5. The van der Waals surface area contributed by atoms with Crippen molar-refractivity contribution in [1.29, 1.82) is 0 Å². The third-order valence-corrected chi connectivity index (χ3v) is 4.60. The van der Waals surface area contributed by atoms with Crippen LogP contribution in [0.3, 0.4) is 0 Å². The van der Waals surface area contributed by atoms with Crippen LogP contribution in [-0.2, 0) is 4.74 Å². The zero-order valence-electron chi connectivity index (χ0n) is 14.9. The zero-order valence-corrected chi connectivity index (χ0v) is 14.9. The highest BCUT2D eigenvalue weighted by Crippen LogP contribution is 2.12. The molecule has 1 saturated heterocycles. The quantitative estimate of drug-likeness (QED) is 0.427. The molecule has 1 fully saturated rings. The van der Waals surface area contributed by atoms with Crippen LogP contribution in [0.5, 0.6) is 0 Å². The van der Waals surface area contributed by atoms with Crippen molar-refractivity contribution in [2.24, 2.45) is 5.10 Å². The van der Waals surface area contributed by atoms with Gasteiger partial charge in [-0.15, -0.1) is 0 Å². The number of nitrogens with zero attached hydrogens (tertiary/aromatic N) is 1. The van der Waals surface area contributed by atoms with Crippen LogP contribution in [0.15, 0.2) is 59.7 Å². The third-order valence-electron chi connectivity index (χ3n) is 4.60. The summed E-state index contributed by atoms with van der Waals surface area (Å²) in [5.74, 6) is -0.242. The molecule has 1 aliphatic heterocycles. The summed E-state index contributed by atoms with van der Waals surface area (Å²) in [5, 5.41) is 4.40. The van der Waals surface area contributed by atoms with E-state index in [9.17, 15) is 4.79 Å². The number of nitrogens with two attached hydrogens (primary N) is 1. The lowest BCUT2D eigenvalue weighted by atomic mass is 10.0. The summed E-state index contributed by atoms with van der Waals surface area (Å²) in [6, 6.07) is 17.2. The number of quaternary nitrogens is 1. The SMILES string of the molecule is C/C(=N/NC(=O)c1ccc(N)cc1)[C@@H](c1ccccc1)[NH+]1CCOCC1. The minimum absolute atomic E-state index is 0.0896. The Morgan fingerprint density at radius 3 is 2.42 bits per heavy atom. The number of carbonyl (C=O) groups excluding carboxylic acids is 1. The van der Waals surface area contributed by atoms with Crippen molar-refractivity contribution in [3.05, 3.63) is 65.7 Å². The van der Waals surface area contributed by atoms with E-state index in [4.69, 9.17) is 10.5 Å². The molecule has 1 amide bonds. The smallest absolute Gasteiger partial charge is 0.271 e. The summed E-state index contributed by atoms with van der Waals surface area (Å²) in [6.07, 6.45) is 0. The van der Waals surface area contributed by atoms with Crippen molar-refractivity contribution in [3.8, 4) is 0 Å².